The van der Waals surface area contributed by atoms with Gasteiger partial charge in [0.2, 0.25) is 10.0 Å². The lowest BCUT2D eigenvalue weighted by atomic mass is 9.91. The number of benzene rings is 3. The molecule has 0 saturated heterocycles. The maximum atomic E-state index is 13.1. The van der Waals surface area contributed by atoms with E-state index in [4.69, 9.17) is 4.74 Å². The van der Waals surface area contributed by atoms with E-state index in [1.54, 1.807) is 66.7 Å². The molecule has 2 atom stereocenters. The van der Waals surface area contributed by atoms with Gasteiger partial charge in [0.05, 0.1) is 12.0 Å². The minimum Gasteiger partial charge on any atom is -0.497 e. The van der Waals surface area contributed by atoms with Crippen molar-refractivity contribution in [1.29, 1.82) is 0 Å². The Hall–Kier alpha value is -3.49. The van der Waals surface area contributed by atoms with Crippen LogP contribution in [-0.2, 0) is 10.0 Å². The number of rotatable bonds is 9. The highest BCUT2D eigenvalue weighted by molar-refractivity contribution is 7.89. The topological polar surface area (TPSA) is 98.5 Å². The van der Waals surface area contributed by atoms with Crippen LogP contribution in [0.1, 0.15) is 22.7 Å². The molecular weight excluding hydrogens is 428 g/mol. The molecule has 3 aromatic rings. The summed E-state index contributed by atoms with van der Waals surface area (Å²) in [6.07, 6.45) is 0. The van der Waals surface area contributed by atoms with Gasteiger partial charge >= 0.3 is 0 Å². The van der Waals surface area contributed by atoms with Gasteiger partial charge in [0.25, 0.3) is 6.04 Å². The van der Waals surface area contributed by atoms with Crippen molar-refractivity contribution in [2.45, 2.75) is 23.9 Å². The number of hydrogen-bond donors (Lipinski definition) is 1. The van der Waals surface area contributed by atoms with Crippen LogP contribution in [0.2, 0.25) is 0 Å². The first-order valence-electron chi connectivity index (χ1n) is 9.83. The molecule has 7 nitrogen and oxygen atoms in total. The maximum Gasteiger partial charge on any atom is 0.258 e. The van der Waals surface area contributed by atoms with Crippen molar-refractivity contribution in [2.75, 3.05) is 7.11 Å². The summed E-state index contributed by atoms with van der Waals surface area (Å²) in [5.74, 6) is 0.549. The van der Waals surface area contributed by atoms with Gasteiger partial charge in [-0.1, -0.05) is 66.7 Å². The predicted octanol–water partition coefficient (Wildman–Crippen LogP) is 4.38. The summed E-state index contributed by atoms with van der Waals surface area (Å²) in [6.45, 7) is 5.78. The van der Waals surface area contributed by atoms with E-state index in [9.17, 15) is 18.5 Å². The highest BCUT2D eigenvalue weighted by atomic mass is 32.2. The van der Waals surface area contributed by atoms with Crippen molar-refractivity contribution in [1.82, 2.24) is 4.72 Å². The van der Waals surface area contributed by atoms with Crippen molar-refractivity contribution in [3.8, 4) is 5.75 Å². The zero-order valence-electron chi connectivity index (χ0n) is 17.8. The Morgan fingerprint density at radius 1 is 1.00 bits per heavy atom. The Balaban J connectivity index is 2.08. The minimum absolute atomic E-state index is 0.0223. The molecule has 32 heavy (non-hydrogen) atoms. The van der Waals surface area contributed by atoms with Gasteiger partial charge in [-0.3, -0.25) is 10.1 Å². The third-order valence-electron chi connectivity index (χ3n) is 5.13. The monoisotopic (exact) mass is 452 g/mol. The number of ether oxygens (including phenoxy) is 1. The normalized spacial score (nSPS) is 13.2. The van der Waals surface area contributed by atoms with Gasteiger partial charge in [0.15, 0.2) is 0 Å². The smallest absolute Gasteiger partial charge is 0.258 e. The minimum atomic E-state index is -4.06. The van der Waals surface area contributed by atoms with Crippen molar-refractivity contribution < 1.29 is 18.1 Å². The second kappa shape index (κ2) is 9.76. The summed E-state index contributed by atoms with van der Waals surface area (Å²) in [4.78, 5) is 11.7. The van der Waals surface area contributed by atoms with E-state index < -0.39 is 27.0 Å². The fourth-order valence-corrected chi connectivity index (χ4v) is 4.58. The number of sulfonamides is 1. The van der Waals surface area contributed by atoms with Gasteiger partial charge < -0.3 is 4.74 Å². The van der Waals surface area contributed by atoms with Crippen molar-refractivity contribution in [3.63, 3.8) is 0 Å². The highest BCUT2D eigenvalue weighted by Crippen LogP contribution is 2.31. The standard InChI is InChI=1S/C24H24N2O5S/c1-17-9-15-22(16-10-17)32(29,30)25-23(20-11-13-21(31-3)14-12-20)24(26(27)28)18(2)19-7-5-4-6-8-19/h4-16,23-25H,2H2,1,3H3/t23-,24-/m1/s1. The van der Waals surface area contributed by atoms with Crippen LogP contribution in [0.5, 0.6) is 5.75 Å². The van der Waals surface area contributed by atoms with Crippen LogP contribution >= 0.6 is 0 Å². The van der Waals surface area contributed by atoms with Crippen molar-refractivity contribution in [3.05, 3.63) is 112 Å². The summed E-state index contributed by atoms with van der Waals surface area (Å²) in [5, 5.41) is 12.2. The van der Waals surface area contributed by atoms with E-state index in [0.717, 1.165) is 5.56 Å². The third kappa shape index (κ3) is 5.22. The molecule has 3 rings (SSSR count). The molecule has 0 radical (unpaired) electrons. The number of nitro groups is 1. The van der Waals surface area contributed by atoms with E-state index in [2.05, 4.69) is 11.3 Å². The van der Waals surface area contributed by atoms with Crippen LogP contribution in [0.3, 0.4) is 0 Å². The van der Waals surface area contributed by atoms with E-state index in [1.807, 2.05) is 6.92 Å². The number of nitrogens with zero attached hydrogens (tertiary/aromatic N) is 1. The predicted molar refractivity (Wildman–Crippen MR) is 123 cm³/mol. The summed E-state index contributed by atoms with van der Waals surface area (Å²) in [6, 6.07) is 18.8. The molecule has 0 unspecified atom stereocenters. The number of aryl methyl sites for hydroxylation is 1. The Labute approximate surface area is 187 Å². The summed E-state index contributed by atoms with van der Waals surface area (Å²) >= 11 is 0. The van der Waals surface area contributed by atoms with Crippen LogP contribution in [0.25, 0.3) is 5.57 Å². The molecule has 0 saturated carbocycles. The van der Waals surface area contributed by atoms with Gasteiger partial charge in [-0.15, -0.1) is 0 Å². The Morgan fingerprint density at radius 2 is 1.59 bits per heavy atom. The maximum absolute atomic E-state index is 13.1. The van der Waals surface area contributed by atoms with Crippen LogP contribution in [0.15, 0.2) is 90.3 Å². The number of nitrogens with one attached hydrogen (secondary N) is 1. The SMILES string of the molecule is C=C(c1ccccc1)[C@H]([C@H](NS(=O)(=O)c1ccc(C)cc1)c1ccc(OC)cc1)[N+](=O)[O-]. The molecule has 0 bridgehead atoms. The molecule has 0 aliphatic heterocycles. The lowest BCUT2D eigenvalue weighted by Gasteiger charge is -2.24. The molecule has 0 fully saturated rings. The average molecular weight is 453 g/mol. The van der Waals surface area contributed by atoms with E-state index >= 15 is 0 Å². The largest absolute Gasteiger partial charge is 0.497 e. The highest BCUT2D eigenvalue weighted by Gasteiger charge is 2.39. The quantitative estimate of drug-likeness (QED) is 0.384. The van der Waals surface area contributed by atoms with Gasteiger partial charge in [0.1, 0.15) is 11.8 Å². The number of hydrogen-bond acceptors (Lipinski definition) is 5. The number of methoxy groups -OCH3 is 1. The van der Waals surface area contributed by atoms with E-state index in [0.29, 0.717) is 16.9 Å². The first-order chi connectivity index (χ1) is 15.2. The van der Waals surface area contributed by atoms with Crippen LogP contribution in [0.4, 0.5) is 0 Å². The second-order valence-electron chi connectivity index (χ2n) is 7.31. The second-order valence-corrected chi connectivity index (χ2v) is 9.02. The first kappa shape index (κ1) is 23.2. The van der Waals surface area contributed by atoms with Crippen LogP contribution in [-0.4, -0.2) is 26.5 Å². The molecule has 0 heterocycles. The summed E-state index contributed by atoms with van der Waals surface area (Å²) < 4.78 is 34.0. The third-order valence-corrected chi connectivity index (χ3v) is 6.59. The van der Waals surface area contributed by atoms with Gasteiger partial charge in [-0.05, 0) is 42.3 Å². The molecule has 166 valence electrons. The molecule has 1 N–H and O–H groups in total. The zero-order chi connectivity index (χ0) is 23.3. The van der Waals surface area contributed by atoms with Crippen LogP contribution < -0.4 is 9.46 Å². The molecule has 8 heteroatoms. The van der Waals surface area contributed by atoms with Gasteiger partial charge in [-0.25, -0.2) is 8.42 Å². The van der Waals surface area contributed by atoms with E-state index in [1.165, 1.54) is 19.2 Å². The molecule has 3 aromatic carbocycles. The average Bonchev–Trinajstić information content (AvgIpc) is 2.79. The Bertz CT molecular complexity index is 1190. The van der Waals surface area contributed by atoms with Gasteiger partial charge in [-0.2, -0.15) is 4.72 Å². The lowest BCUT2D eigenvalue weighted by Crippen LogP contribution is -2.40. The lowest BCUT2D eigenvalue weighted by molar-refractivity contribution is -0.510. The van der Waals surface area contributed by atoms with Crippen molar-refractivity contribution >= 4 is 15.6 Å². The van der Waals surface area contributed by atoms with Crippen LogP contribution in [0, 0.1) is 17.0 Å². The molecule has 0 aliphatic carbocycles. The summed E-state index contributed by atoms with van der Waals surface area (Å²) in [5.41, 5.74) is 2.07. The molecular formula is C24H24N2O5S. The van der Waals surface area contributed by atoms with Crippen molar-refractivity contribution in [2.24, 2.45) is 0 Å². The Morgan fingerprint density at radius 3 is 2.12 bits per heavy atom. The summed E-state index contributed by atoms with van der Waals surface area (Å²) in [7, 11) is -2.56. The fraction of sp³-hybridized carbons (Fsp3) is 0.167. The van der Waals surface area contributed by atoms with E-state index in [-0.39, 0.29) is 10.5 Å². The fourth-order valence-electron chi connectivity index (χ4n) is 3.35. The first-order valence-corrected chi connectivity index (χ1v) is 11.3. The molecule has 0 amide bonds. The Kier molecular flexibility index (Phi) is 7.07. The van der Waals surface area contributed by atoms with Gasteiger partial charge in [0, 0.05) is 10.5 Å². The molecule has 0 spiro atoms. The molecule has 0 aromatic heterocycles. The molecule has 0 aliphatic rings. The zero-order valence-corrected chi connectivity index (χ0v) is 18.6.